The highest BCUT2D eigenvalue weighted by Gasteiger charge is 2.13. The van der Waals surface area contributed by atoms with Crippen molar-refractivity contribution in [3.8, 4) is 11.8 Å². The van der Waals surface area contributed by atoms with Gasteiger partial charge in [0.25, 0.3) is 0 Å². The summed E-state index contributed by atoms with van der Waals surface area (Å²) in [7, 11) is 1.37. The van der Waals surface area contributed by atoms with Gasteiger partial charge in [-0.15, -0.1) is 0 Å². The van der Waals surface area contributed by atoms with E-state index in [1.807, 2.05) is 6.07 Å². The van der Waals surface area contributed by atoms with Crippen molar-refractivity contribution in [3.05, 3.63) is 29.6 Å². The molecule has 0 heterocycles. The molecule has 17 heavy (non-hydrogen) atoms. The molecule has 0 aliphatic heterocycles. The molecule has 0 fully saturated rings. The average molecular weight is 239 g/mol. The first-order chi connectivity index (χ1) is 8.22. The Morgan fingerprint density at radius 2 is 2.29 bits per heavy atom. The molecule has 0 saturated carbocycles. The molecule has 4 nitrogen and oxygen atoms in total. The maximum Gasteiger partial charge on any atom is 0.169 e. The van der Waals surface area contributed by atoms with E-state index in [1.165, 1.54) is 19.2 Å². The van der Waals surface area contributed by atoms with Crippen molar-refractivity contribution in [1.82, 2.24) is 0 Å². The van der Waals surface area contributed by atoms with Crippen molar-refractivity contribution < 1.29 is 19.0 Å². The van der Waals surface area contributed by atoms with Crippen LogP contribution in [0.25, 0.3) is 0 Å². The Balaban J connectivity index is 2.75. The van der Waals surface area contributed by atoms with Gasteiger partial charge < -0.3 is 14.6 Å². The Hall–Kier alpha value is -1.64. The third-order valence-corrected chi connectivity index (χ3v) is 2.18. The summed E-state index contributed by atoms with van der Waals surface area (Å²) in [5, 5.41) is 17.5. The maximum atomic E-state index is 13.4. The zero-order valence-electron chi connectivity index (χ0n) is 9.52. The molecule has 1 N–H and O–H groups in total. The number of nitriles is 1. The number of ether oxygens (including phenoxy) is 2. The van der Waals surface area contributed by atoms with Gasteiger partial charge in [0.1, 0.15) is 0 Å². The standard InChI is InChI=1S/C12H14FNO3/c1-16-11-4-3-9(7-10(11)13)12(8-14)17-6-2-5-15/h3-4,7,12,15H,2,5-6H2,1H3. The number of rotatable bonds is 6. The molecule has 5 heteroatoms. The summed E-state index contributed by atoms with van der Waals surface area (Å²) >= 11 is 0. The van der Waals surface area contributed by atoms with E-state index < -0.39 is 11.9 Å². The minimum Gasteiger partial charge on any atom is -0.494 e. The first-order valence-corrected chi connectivity index (χ1v) is 5.18. The quantitative estimate of drug-likeness (QED) is 0.769. The first kappa shape index (κ1) is 13.4. The number of benzene rings is 1. The van der Waals surface area contributed by atoms with Gasteiger partial charge in [0.15, 0.2) is 17.7 Å². The van der Waals surface area contributed by atoms with Crippen LogP contribution in [-0.2, 0) is 4.74 Å². The minimum atomic E-state index is -0.832. The predicted molar refractivity (Wildman–Crippen MR) is 59.0 cm³/mol. The van der Waals surface area contributed by atoms with E-state index in [4.69, 9.17) is 19.8 Å². The van der Waals surface area contributed by atoms with Gasteiger partial charge in [0.05, 0.1) is 19.8 Å². The molecule has 0 bridgehead atoms. The Bertz CT molecular complexity index is 403. The monoisotopic (exact) mass is 239 g/mol. The van der Waals surface area contributed by atoms with Crippen LogP contribution in [0.4, 0.5) is 4.39 Å². The maximum absolute atomic E-state index is 13.4. The minimum absolute atomic E-state index is 0.00484. The van der Waals surface area contributed by atoms with Gasteiger partial charge in [-0.3, -0.25) is 0 Å². The molecule has 1 aromatic rings. The van der Waals surface area contributed by atoms with Gasteiger partial charge in [-0.1, -0.05) is 6.07 Å². The fourth-order valence-electron chi connectivity index (χ4n) is 1.32. The Morgan fingerprint density at radius 3 is 2.82 bits per heavy atom. The van der Waals surface area contributed by atoms with Crippen LogP contribution in [-0.4, -0.2) is 25.4 Å². The second kappa shape index (κ2) is 6.84. The van der Waals surface area contributed by atoms with Crippen molar-refractivity contribution in [3.63, 3.8) is 0 Å². The lowest BCUT2D eigenvalue weighted by atomic mass is 10.1. The van der Waals surface area contributed by atoms with Crippen LogP contribution in [0, 0.1) is 17.1 Å². The SMILES string of the molecule is COc1ccc(C(C#N)OCCCO)cc1F. The van der Waals surface area contributed by atoms with Gasteiger partial charge in [-0.2, -0.15) is 5.26 Å². The lowest BCUT2D eigenvalue weighted by Crippen LogP contribution is -2.05. The highest BCUT2D eigenvalue weighted by molar-refractivity contribution is 5.32. The molecular formula is C12H14FNO3. The normalized spacial score (nSPS) is 11.9. The predicted octanol–water partition coefficient (Wildman–Crippen LogP) is 1.80. The van der Waals surface area contributed by atoms with Gasteiger partial charge in [0, 0.05) is 6.61 Å². The summed E-state index contributed by atoms with van der Waals surface area (Å²) in [5.41, 5.74) is 0.434. The number of methoxy groups -OCH3 is 1. The number of hydrogen-bond acceptors (Lipinski definition) is 4. The van der Waals surface area contributed by atoms with Crippen molar-refractivity contribution in [1.29, 1.82) is 5.26 Å². The summed E-state index contributed by atoms with van der Waals surface area (Å²) in [6.07, 6.45) is -0.390. The number of nitrogens with zero attached hydrogens (tertiary/aromatic N) is 1. The van der Waals surface area contributed by atoms with Gasteiger partial charge in [-0.25, -0.2) is 4.39 Å². The van der Waals surface area contributed by atoms with E-state index in [0.29, 0.717) is 12.0 Å². The zero-order chi connectivity index (χ0) is 12.7. The van der Waals surface area contributed by atoms with Gasteiger partial charge >= 0.3 is 0 Å². The van der Waals surface area contributed by atoms with E-state index in [1.54, 1.807) is 6.07 Å². The van der Waals surface area contributed by atoms with E-state index in [2.05, 4.69) is 0 Å². The highest BCUT2D eigenvalue weighted by Crippen LogP contribution is 2.23. The van der Waals surface area contributed by atoms with Crippen LogP contribution >= 0.6 is 0 Å². The van der Waals surface area contributed by atoms with Gasteiger partial charge in [-0.05, 0) is 24.1 Å². The van der Waals surface area contributed by atoms with Gasteiger partial charge in [0.2, 0.25) is 0 Å². The highest BCUT2D eigenvalue weighted by atomic mass is 19.1. The summed E-state index contributed by atoms with van der Waals surface area (Å²) in [4.78, 5) is 0. The molecule has 0 aliphatic rings. The van der Waals surface area contributed by atoms with E-state index >= 15 is 0 Å². The summed E-state index contributed by atoms with van der Waals surface area (Å²) in [6.45, 7) is 0.248. The van der Waals surface area contributed by atoms with Crippen molar-refractivity contribution in [2.45, 2.75) is 12.5 Å². The van der Waals surface area contributed by atoms with Crippen molar-refractivity contribution >= 4 is 0 Å². The van der Waals surface area contributed by atoms with Crippen molar-refractivity contribution in [2.24, 2.45) is 0 Å². The summed E-state index contributed by atoms with van der Waals surface area (Å²) < 4.78 is 23.4. The largest absolute Gasteiger partial charge is 0.494 e. The number of aliphatic hydroxyl groups excluding tert-OH is 1. The second-order valence-corrected chi connectivity index (χ2v) is 3.35. The lowest BCUT2D eigenvalue weighted by Gasteiger charge is -2.11. The summed E-state index contributed by atoms with van der Waals surface area (Å²) in [5.74, 6) is -0.406. The third-order valence-electron chi connectivity index (χ3n) is 2.18. The third kappa shape index (κ3) is 3.70. The van der Waals surface area contributed by atoms with Crippen LogP contribution < -0.4 is 4.74 Å². The molecule has 0 aliphatic carbocycles. The fourth-order valence-corrected chi connectivity index (χ4v) is 1.32. The number of halogens is 1. The molecule has 0 aromatic heterocycles. The number of hydrogen-bond donors (Lipinski definition) is 1. The van der Waals surface area contributed by atoms with E-state index in [9.17, 15) is 4.39 Å². The molecule has 1 rings (SSSR count). The Morgan fingerprint density at radius 1 is 1.53 bits per heavy atom. The van der Waals surface area contributed by atoms with E-state index in [-0.39, 0.29) is 19.0 Å². The van der Waals surface area contributed by atoms with Crippen LogP contribution in [0.5, 0.6) is 5.75 Å². The van der Waals surface area contributed by atoms with Crippen LogP contribution in [0.2, 0.25) is 0 Å². The van der Waals surface area contributed by atoms with Crippen LogP contribution in [0.1, 0.15) is 18.1 Å². The Kier molecular flexibility index (Phi) is 5.40. The first-order valence-electron chi connectivity index (χ1n) is 5.18. The molecule has 1 aromatic carbocycles. The molecule has 0 radical (unpaired) electrons. The molecular weight excluding hydrogens is 225 g/mol. The molecule has 0 saturated heterocycles. The smallest absolute Gasteiger partial charge is 0.169 e. The van der Waals surface area contributed by atoms with Crippen molar-refractivity contribution in [2.75, 3.05) is 20.3 Å². The van der Waals surface area contributed by atoms with E-state index in [0.717, 1.165) is 0 Å². The Labute approximate surface area is 99.2 Å². The topological polar surface area (TPSA) is 62.5 Å². The average Bonchev–Trinajstić information content (AvgIpc) is 2.35. The lowest BCUT2D eigenvalue weighted by molar-refractivity contribution is 0.0771. The van der Waals surface area contributed by atoms with Crippen LogP contribution in [0.3, 0.4) is 0 Å². The van der Waals surface area contributed by atoms with Crippen LogP contribution in [0.15, 0.2) is 18.2 Å². The zero-order valence-corrected chi connectivity index (χ0v) is 9.52. The second-order valence-electron chi connectivity index (χ2n) is 3.35. The molecule has 92 valence electrons. The fraction of sp³-hybridized carbons (Fsp3) is 0.417. The molecule has 0 amide bonds. The molecule has 1 unspecified atom stereocenters. The molecule has 1 atom stereocenters. The summed E-state index contributed by atoms with van der Waals surface area (Å²) in [6, 6.07) is 6.17. The number of aliphatic hydroxyl groups is 1. The molecule has 0 spiro atoms.